The first-order chi connectivity index (χ1) is 12.4. The molecule has 0 saturated heterocycles. The minimum Gasteiger partial charge on any atom is -0.480 e. The minimum atomic E-state index is -4.46. The van der Waals surface area contributed by atoms with E-state index in [9.17, 15) is 18.0 Å². The van der Waals surface area contributed by atoms with Gasteiger partial charge in [-0.2, -0.15) is 13.2 Å². The average molecular weight is 382 g/mol. The van der Waals surface area contributed by atoms with Gasteiger partial charge < -0.3 is 10.1 Å². The van der Waals surface area contributed by atoms with E-state index in [1.807, 2.05) is 0 Å². The number of benzene rings is 1. The van der Waals surface area contributed by atoms with E-state index in [1.165, 1.54) is 13.2 Å². The molecule has 1 N–H and O–H groups in total. The van der Waals surface area contributed by atoms with E-state index < -0.39 is 11.7 Å². The predicted molar refractivity (Wildman–Crippen MR) is 99.1 cm³/mol. The summed E-state index contributed by atoms with van der Waals surface area (Å²) in [6.45, 7) is 8.58. The Balaban J connectivity index is 2.33. The SMILES string of the molecule is COc1nc2cc(C(F)(F)F)ccc2c(C)c1C(=O)NCCCC(C)(C)C. The van der Waals surface area contributed by atoms with Gasteiger partial charge >= 0.3 is 6.18 Å². The number of rotatable bonds is 5. The number of methoxy groups -OCH3 is 1. The number of hydrogen-bond donors (Lipinski definition) is 1. The number of amides is 1. The van der Waals surface area contributed by atoms with Crippen molar-refractivity contribution < 1.29 is 22.7 Å². The van der Waals surface area contributed by atoms with Gasteiger partial charge in [0.15, 0.2) is 0 Å². The zero-order valence-corrected chi connectivity index (χ0v) is 16.3. The number of nitrogens with one attached hydrogen (secondary N) is 1. The zero-order chi connectivity index (χ0) is 20.4. The highest BCUT2D eigenvalue weighted by molar-refractivity contribution is 6.02. The third-order valence-electron chi connectivity index (χ3n) is 4.35. The van der Waals surface area contributed by atoms with Crippen LogP contribution in [-0.4, -0.2) is 24.5 Å². The highest BCUT2D eigenvalue weighted by Crippen LogP contribution is 2.34. The number of carbonyl (C=O) groups excluding carboxylic acids is 1. The summed E-state index contributed by atoms with van der Waals surface area (Å²) in [6.07, 6.45) is -2.67. The van der Waals surface area contributed by atoms with Crippen LogP contribution in [-0.2, 0) is 6.18 Å². The number of aromatic nitrogens is 1. The van der Waals surface area contributed by atoms with E-state index in [-0.39, 0.29) is 28.3 Å². The maximum Gasteiger partial charge on any atom is 0.416 e. The summed E-state index contributed by atoms with van der Waals surface area (Å²) in [7, 11) is 1.34. The fourth-order valence-electron chi connectivity index (χ4n) is 2.90. The van der Waals surface area contributed by atoms with Crippen molar-refractivity contribution in [2.45, 2.75) is 46.7 Å². The number of aryl methyl sites for hydroxylation is 1. The minimum absolute atomic E-state index is 0.0210. The van der Waals surface area contributed by atoms with Crippen LogP contribution in [0.25, 0.3) is 10.9 Å². The molecular weight excluding hydrogens is 357 g/mol. The Morgan fingerprint density at radius 1 is 1.22 bits per heavy atom. The predicted octanol–water partition coefficient (Wildman–Crippen LogP) is 5.13. The van der Waals surface area contributed by atoms with Crippen LogP contribution < -0.4 is 10.1 Å². The molecule has 1 aromatic heterocycles. The molecule has 1 amide bonds. The summed E-state index contributed by atoms with van der Waals surface area (Å²) < 4.78 is 44.0. The number of nitrogens with zero attached hydrogens (tertiary/aromatic N) is 1. The lowest BCUT2D eigenvalue weighted by Crippen LogP contribution is -2.27. The van der Waals surface area contributed by atoms with Crippen molar-refractivity contribution in [1.29, 1.82) is 0 Å². The first kappa shape index (κ1) is 21.0. The van der Waals surface area contributed by atoms with Gasteiger partial charge in [0.05, 0.1) is 18.2 Å². The molecule has 148 valence electrons. The topological polar surface area (TPSA) is 51.2 Å². The fraction of sp³-hybridized carbons (Fsp3) is 0.500. The second-order valence-corrected chi connectivity index (χ2v) is 7.77. The summed E-state index contributed by atoms with van der Waals surface area (Å²) >= 11 is 0. The number of hydrogen-bond acceptors (Lipinski definition) is 3. The van der Waals surface area contributed by atoms with Crippen LogP contribution in [0.4, 0.5) is 13.2 Å². The van der Waals surface area contributed by atoms with Crippen molar-refractivity contribution in [3.8, 4) is 5.88 Å². The van der Waals surface area contributed by atoms with Gasteiger partial charge in [0.25, 0.3) is 5.91 Å². The van der Waals surface area contributed by atoms with Gasteiger partial charge in [-0.25, -0.2) is 4.98 Å². The van der Waals surface area contributed by atoms with Gasteiger partial charge in [-0.3, -0.25) is 4.79 Å². The molecule has 0 radical (unpaired) electrons. The number of alkyl halides is 3. The summed E-state index contributed by atoms with van der Waals surface area (Å²) in [5.74, 6) is -0.319. The summed E-state index contributed by atoms with van der Waals surface area (Å²) in [4.78, 5) is 16.8. The van der Waals surface area contributed by atoms with E-state index in [0.717, 1.165) is 25.0 Å². The summed E-state index contributed by atoms with van der Waals surface area (Å²) in [5, 5.41) is 3.34. The van der Waals surface area contributed by atoms with Crippen LogP contribution in [0.5, 0.6) is 5.88 Å². The fourth-order valence-corrected chi connectivity index (χ4v) is 2.90. The molecule has 1 aromatic carbocycles. The van der Waals surface area contributed by atoms with Crippen molar-refractivity contribution in [1.82, 2.24) is 10.3 Å². The maximum atomic E-state index is 12.9. The number of carbonyl (C=O) groups is 1. The highest BCUT2D eigenvalue weighted by atomic mass is 19.4. The third-order valence-corrected chi connectivity index (χ3v) is 4.35. The Morgan fingerprint density at radius 2 is 1.89 bits per heavy atom. The molecule has 0 aliphatic carbocycles. The zero-order valence-electron chi connectivity index (χ0n) is 16.3. The molecular formula is C20H25F3N2O2. The average Bonchev–Trinajstić information content (AvgIpc) is 2.56. The number of fused-ring (bicyclic) bond motifs is 1. The Labute approximate surface area is 157 Å². The van der Waals surface area contributed by atoms with Gasteiger partial charge in [-0.05, 0) is 42.9 Å². The van der Waals surface area contributed by atoms with Crippen LogP contribution >= 0.6 is 0 Å². The lowest BCUT2D eigenvalue weighted by molar-refractivity contribution is -0.137. The number of ether oxygens (including phenoxy) is 1. The van der Waals surface area contributed by atoms with Gasteiger partial charge in [0.2, 0.25) is 5.88 Å². The maximum absolute atomic E-state index is 12.9. The second kappa shape index (κ2) is 7.74. The lowest BCUT2D eigenvalue weighted by Gasteiger charge is -2.18. The lowest BCUT2D eigenvalue weighted by atomic mass is 9.90. The Kier molecular flexibility index (Phi) is 6.02. The quantitative estimate of drug-likeness (QED) is 0.730. The summed E-state index contributed by atoms with van der Waals surface area (Å²) in [5.41, 5.74) is 0.324. The first-order valence-electron chi connectivity index (χ1n) is 8.78. The van der Waals surface area contributed by atoms with Crippen molar-refractivity contribution >= 4 is 16.8 Å². The van der Waals surface area contributed by atoms with Crippen molar-refractivity contribution in [2.75, 3.05) is 13.7 Å². The van der Waals surface area contributed by atoms with Crippen LogP contribution in [0, 0.1) is 12.3 Å². The molecule has 2 rings (SSSR count). The summed E-state index contributed by atoms with van der Waals surface area (Å²) in [6, 6.07) is 3.31. The Bertz CT molecular complexity index is 840. The number of pyridine rings is 1. The third kappa shape index (κ3) is 5.11. The molecule has 4 nitrogen and oxygen atoms in total. The molecule has 2 aromatic rings. The molecule has 0 unspecified atom stereocenters. The second-order valence-electron chi connectivity index (χ2n) is 7.77. The van der Waals surface area contributed by atoms with Gasteiger partial charge in [-0.15, -0.1) is 0 Å². The molecule has 27 heavy (non-hydrogen) atoms. The molecule has 0 saturated carbocycles. The highest BCUT2D eigenvalue weighted by Gasteiger charge is 2.31. The van der Waals surface area contributed by atoms with Crippen LogP contribution in [0.1, 0.15) is 55.1 Å². The smallest absolute Gasteiger partial charge is 0.416 e. The Hall–Kier alpha value is -2.31. The standard InChI is InChI=1S/C20H25F3N2O2/c1-12-14-8-7-13(20(21,22)23)11-15(14)25-18(27-5)16(12)17(26)24-10-6-9-19(2,3)4/h7-8,11H,6,9-10H2,1-5H3,(H,24,26). The molecule has 1 heterocycles. The van der Waals surface area contributed by atoms with E-state index in [1.54, 1.807) is 6.92 Å². The molecule has 0 spiro atoms. The van der Waals surface area contributed by atoms with E-state index in [4.69, 9.17) is 4.74 Å². The van der Waals surface area contributed by atoms with Crippen molar-refractivity contribution in [3.05, 3.63) is 34.9 Å². The normalized spacial score (nSPS) is 12.3. The van der Waals surface area contributed by atoms with Crippen molar-refractivity contribution in [3.63, 3.8) is 0 Å². The van der Waals surface area contributed by atoms with Crippen LogP contribution in [0.2, 0.25) is 0 Å². The molecule has 7 heteroatoms. The van der Waals surface area contributed by atoms with Crippen LogP contribution in [0.15, 0.2) is 18.2 Å². The van der Waals surface area contributed by atoms with E-state index in [2.05, 4.69) is 31.1 Å². The van der Waals surface area contributed by atoms with Crippen LogP contribution in [0.3, 0.4) is 0 Å². The molecule has 0 aliphatic heterocycles. The van der Waals surface area contributed by atoms with Crippen molar-refractivity contribution in [2.24, 2.45) is 5.41 Å². The van der Waals surface area contributed by atoms with Gasteiger partial charge in [-0.1, -0.05) is 26.8 Å². The first-order valence-corrected chi connectivity index (χ1v) is 8.78. The van der Waals surface area contributed by atoms with E-state index >= 15 is 0 Å². The largest absolute Gasteiger partial charge is 0.480 e. The number of halogens is 3. The molecule has 0 bridgehead atoms. The van der Waals surface area contributed by atoms with Gasteiger partial charge in [0.1, 0.15) is 5.56 Å². The molecule has 0 atom stereocenters. The van der Waals surface area contributed by atoms with E-state index in [0.29, 0.717) is 17.5 Å². The molecule has 0 aliphatic rings. The van der Waals surface area contributed by atoms with Gasteiger partial charge in [0, 0.05) is 11.9 Å². The Morgan fingerprint density at radius 3 is 2.44 bits per heavy atom. The monoisotopic (exact) mass is 382 g/mol. The molecule has 0 fully saturated rings.